The second kappa shape index (κ2) is 6.09. The van der Waals surface area contributed by atoms with Crippen LogP contribution in [0.5, 0.6) is 0 Å². The predicted molar refractivity (Wildman–Crippen MR) is 84.0 cm³/mol. The van der Waals surface area contributed by atoms with Crippen molar-refractivity contribution in [2.24, 2.45) is 0 Å². The van der Waals surface area contributed by atoms with Crippen LogP contribution in [0.15, 0.2) is 30.6 Å². The maximum Gasteiger partial charge on any atom is 0.135 e. The van der Waals surface area contributed by atoms with E-state index in [-0.39, 0.29) is 12.0 Å². The summed E-state index contributed by atoms with van der Waals surface area (Å²) in [4.78, 5) is 8.38. The second-order valence-corrected chi connectivity index (χ2v) is 5.53. The zero-order chi connectivity index (χ0) is 14.7. The molecule has 3 N–H and O–H groups in total. The summed E-state index contributed by atoms with van der Waals surface area (Å²) in [6, 6.07) is 7.87. The highest BCUT2D eigenvalue weighted by Gasteiger charge is 2.15. The van der Waals surface area contributed by atoms with E-state index < -0.39 is 0 Å². The molecule has 106 valence electrons. The van der Waals surface area contributed by atoms with Gasteiger partial charge in [-0.1, -0.05) is 37.6 Å². The lowest BCUT2D eigenvalue weighted by Crippen LogP contribution is -2.12. The molecule has 1 aromatic heterocycles. The molecule has 0 aliphatic heterocycles. The summed E-state index contributed by atoms with van der Waals surface area (Å²) >= 11 is 5.91. The van der Waals surface area contributed by atoms with Gasteiger partial charge in [-0.3, -0.25) is 0 Å². The number of nitrogens with zero attached hydrogens (tertiary/aromatic N) is 2. The maximum atomic E-state index is 5.95. The molecule has 0 bridgehead atoms. The topological polar surface area (TPSA) is 63.8 Å². The van der Waals surface area contributed by atoms with E-state index in [0.29, 0.717) is 5.82 Å². The first-order valence-electron chi connectivity index (χ1n) is 6.61. The molecular weight excluding hydrogens is 272 g/mol. The van der Waals surface area contributed by atoms with Crippen LogP contribution in [0, 0.1) is 0 Å². The molecule has 2 rings (SSSR count). The molecule has 0 radical (unpaired) electrons. The van der Waals surface area contributed by atoms with Crippen molar-refractivity contribution in [3.63, 3.8) is 0 Å². The van der Waals surface area contributed by atoms with E-state index in [1.54, 1.807) is 0 Å². The Labute approximate surface area is 124 Å². The van der Waals surface area contributed by atoms with Crippen molar-refractivity contribution in [2.45, 2.75) is 32.7 Å². The summed E-state index contributed by atoms with van der Waals surface area (Å²) in [6.45, 7) is 6.23. The SMILES string of the molecule is CC(C)c1c(N)ncnc1NC(C)c1ccc(Cl)cc1. The van der Waals surface area contributed by atoms with Gasteiger partial charge in [0.25, 0.3) is 0 Å². The van der Waals surface area contributed by atoms with Crippen molar-refractivity contribution in [2.75, 3.05) is 11.1 Å². The van der Waals surface area contributed by atoms with Crippen LogP contribution in [0.25, 0.3) is 0 Å². The molecule has 4 nitrogen and oxygen atoms in total. The van der Waals surface area contributed by atoms with Crippen LogP contribution >= 0.6 is 11.6 Å². The number of aromatic nitrogens is 2. The van der Waals surface area contributed by atoms with Crippen LogP contribution in [0.1, 0.15) is 43.9 Å². The highest BCUT2D eigenvalue weighted by molar-refractivity contribution is 6.30. The molecule has 0 saturated carbocycles. The molecule has 5 heteroatoms. The van der Waals surface area contributed by atoms with Gasteiger partial charge in [0.2, 0.25) is 0 Å². The van der Waals surface area contributed by atoms with Crippen molar-refractivity contribution in [1.29, 1.82) is 0 Å². The van der Waals surface area contributed by atoms with Gasteiger partial charge in [0, 0.05) is 16.6 Å². The van der Waals surface area contributed by atoms with E-state index in [1.807, 2.05) is 24.3 Å². The summed E-state index contributed by atoms with van der Waals surface area (Å²) in [5.41, 5.74) is 8.04. The molecule has 1 atom stereocenters. The summed E-state index contributed by atoms with van der Waals surface area (Å²) in [6.07, 6.45) is 1.48. The van der Waals surface area contributed by atoms with Gasteiger partial charge >= 0.3 is 0 Å². The van der Waals surface area contributed by atoms with Crippen molar-refractivity contribution < 1.29 is 0 Å². The van der Waals surface area contributed by atoms with E-state index in [0.717, 1.165) is 22.0 Å². The Hall–Kier alpha value is -1.81. The molecule has 20 heavy (non-hydrogen) atoms. The van der Waals surface area contributed by atoms with Crippen LogP contribution in [-0.2, 0) is 0 Å². The highest BCUT2D eigenvalue weighted by atomic mass is 35.5. The van der Waals surface area contributed by atoms with Crippen LogP contribution in [0.4, 0.5) is 11.6 Å². The molecule has 0 spiro atoms. The average Bonchev–Trinajstić information content (AvgIpc) is 2.39. The van der Waals surface area contributed by atoms with Gasteiger partial charge in [-0.15, -0.1) is 0 Å². The molecule has 0 aliphatic rings. The van der Waals surface area contributed by atoms with E-state index >= 15 is 0 Å². The number of halogens is 1. The van der Waals surface area contributed by atoms with Gasteiger partial charge in [-0.05, 0) is 30.5 Å². The maximum absolute atomic E-state index is 5.95. The molecule has 0 aliphatic carbocycles. The third-order valence-corrected chi connectivity index (χ3v) is 3.47. The first-order chi connectivity index (χ1) is 9.49. The Morgan fingerprint density at radius 2 is 1.75 bits per heavy atom. The van der Waals surface area contributed by atoms with Gasteiger partial charge in [0.1, 0.15) is 18.0 Å². The monoisotopic (exact) mass is 290 g/mol. The van der Waals surface area contributed by atoms with Crippen molar-refractivity contribution in [3.8, 4) is 0 Å². The Kier molecular flexibility index (Phi) is 4.45. The molecule has 0 fully saturated rings. The molecule has 0 amide bonds. The first kappa shape index (κ1) is 14.6. The molecule has 1 heterocycles. The van der Waals surface area contributed by atoms with Crippen LogP contribution < -0.4 is 11.1 Å². The van der Waals surface area contributed by atoms with Crippen LogP contribution in [-0.4, -0.2) is 9.97 Å². The highest BCUT2D eigenvalue weighted by Crippen LogP contribution is 2.29. The number of benzene rings is 1. The van der Waals surface area contributed by atoms with E-state index in [1.165, 1.54) is 6.33 Å². The summed E-state index contributed by atoms with van der Waals surface area (Å²) in [5.74, 6) is 1.58. The zero-order valence-corrected chi connectivity index (χ0v) is 12.6. The third kappa shape index (κ3) is 3.20. The lowest BCUT2D eigenvalue weighted by Gasteiger charge is -2.19. The Balaban J connectivity index is 2.26. The van der Waals surface area contributed by atoms with Crippen LogP contribution in [0.2, 0.25) is 5.02 Å². The first-order valence-corrected chi connectivity index (χ1v) is 6.99. The number of nitrogens with one attached hydrogen (secondary N) is 1. The van der Waals surface area contributed by atoms with Crippen molar-refractivity contribution >= 4 is 23.2 Å². The second-order valence-electron chi connectivity index (χ2n) is 5.09. The van der Waals surface area contributed by atoms with E-state index in [2.05, 4.69) is 36.1 Å². The number of nitrogens with two attached hydrogens (primary N) is 1. The number of nitrogen functional groups attached to an aromatic ring is 1. The zero-order valence-electron chi connectivity index (χ0n) is 11.9. The largest absolute Gasteiger partial charge is 0.383 e. The third-order valence-electron chi connectivity index (χ3n) is 3.22. The number of rotatable bonds is 4. The normalized spacial score (nSPS) is 12.4. The van der Waals surface area contributed by atoms with E-state index in [9.17, 15) is 0 Å². The molecule has 1 aromatic carbocycles. The minimum absolute atomic E-state index is 0.110. The fourth-order valence-electron chi connectivity index (χ4n) is 2.13. The van der Waals surface area contributed by atoms with Gasteiger partial charge in [-0.25, -0.2) is 9.97 Å². The van der Waals surface area contributed by atoms with Crippen molar-refractivity contribution in [1.82, 2.24) is 9.97 Å². The fraction of sp³-hybridized carbons (Fsp3) is 0.333. The summed E-state index contributed by atoms with van der Waals surface area (Å²) in [5, 5.41) is 4.13. The Morgan fingerprint density at radius 1 is 1.10 bits per heavy atom. The smallest absolute Gasteiger partial charge is 0.135 e. The van der Waals surface area contributed by atoms with Gasteiger partial charge in [-0.2, -0.15) is 0 Å². The number of anilines is 2. The average molecular weight is 291 g/mol. The van der Waals surface area contributed by atoms with Gasteiger partial charge in [0.15, 0.2) is 0 Å². The van der Waals surface area contributed by atoms with Crippen molar-refractivity contribution in [3.05, 3.63) is 46.7 Å². The quantitative estimate of drug-likeness (QED) is 0.893. The minimum atomic E-state index is 0.110. The molecule has 0 saturated heterocycles. The molecule has 1 unspecified atom stereocenters. The van der Waals surface area contributed by atoms with Gasteiger partial charge < -0.3 is 11.1 Å². The Morgan fingerprint density at radius 3 is 2.35 bits per heavy atom. The fourth-order valence-corrected chi connectivity index (χ4v) is 2.26. The lowest BCUT2D eigenvalue weighted by atomic mass is 10.0. The minimum Gasteiger partial charge on any atom is -0.383 e. The number of hydrogen-bond donors (Lipinski definition) is 2. The van der Waals surface area contributed by atoms with Gasteiger partial charge in [0.05, 0.1) is 0 Å². The van der Waals surface area contributed by atoms with E-state index in [4.69, 9.17) is 17.3 Å². The Bertz CT molecular complexity index is 581. The molecular formula is C15H19ClN4. The summed E-state index contributed by atoms with van der Waals surface area (Å²) in [7, 11) is 0. The predicted octanol–water partition coefficient (Wildman–Crippen LogP) is 4.01. The lowest BCUT2D eigenvalue weighted by molar-refractivity contribution is 0.822. The van der Waals surface area contributed by atoms with Crippen LogP contribution in [0.3, 0.4) is 0 Å². The molecule has 2 aromatic rings. The summed E-state index contributed by atoms with van der Waals surface area (Å²) < 4.78 is 0. The number of hydrogen-bond acceptors (Lipinski definition) is 4. The standard InChI is InChI=1S/C15H19ClN4/c1-9(2)13-14(17)18-8-19-15(13)20-10(3)11-4-6-12(16)7-5-11/h4-10H,1-3H3,(H3,17,18,19,20).